The summed E-state index contributed by atoms with van der Waals surface area (Å²) >= 11 is 8.84. The molecule has 20 heavy (non-hydrogen) atoms. The lowest BCUT2D eigenvalue weighted by atomic mass is 10.1. The molecule has 0 heterocycles. The first-order chi connectivity index (χ1) is 9.40. The number of rotatable bonds is 3. The number of para-hydroxylation sites is 1. The van der Waals surface area contributed by atoms with Gasteiger partial charge in [0.1, 0.15) is 11.6 Å². The molecule has 0 aromatic heterocycles. The molecule has 2 rings (SSSR count). The summed E-state index contributed by atoms with van der Waals surface area (Å²) in [6, 6.07) is 6.46. The molecule has 0 saturated heterocycles. The number of halogens is 4. The van der Waals surface area contributed by atoms with Crippen molar-refractivity contribution in [3.63, 3.8) is 0 Å². The Labute approximate surface area is 128 Å². The summed E-state index contributed by atoms with van der Waals surface area (Å²) in [6.45, 7) is 1.71. The Kier molecular flexibility index (Phi) is 4.62. The summed E-state index contributed by atoms with van der Waals surface area (Å²) in [6.07, 6.45) is 0. The molecule has 0 spiro atoms. The highest BCUT2D eigenvalue weighted by Crippen LogP contribution is 2.37. The van der Waals surface area contributed by atoms with Crippen LogP contribution < -0.4 is 10.5 Å². The van der Waals surface area contributed by atoms with Crippen LogP contribution in [-0.4, -0.2) is 0 Å². The maximum Gasteiger partial charge on any atom is 0.167 e. The highest BCUT2D eigenvalue weighted by atomic mass is 79.9. The van der Waals surface area contributed by atoms with Gasteiger partial charge < -0.3 is 10.5 Å². The van der Waals surface area contributed by atoms with Crippen LogP contribution in [0.1, 0.15) is 18.5 Å². The first kappa shape index (κ1) is 15.2. The van der Waals surface area contributed by atoms with E-state index in [9.17, 15) is 8.78 Å². The fraction of sp³-hybridized carbons (Fsp3) is 0.143. The van der Waals surface area contributed by atoms with E-state index in [2.05, 4.69) is 15.9 Å². The van der Waals surface area contributed by atoms with E-state index in [0.717, 1.165) is 6.07 Å². The van der Waals surface area contributed by atoms with Crippen molar-refractivity contribution in [3.05, 3.63) is 57.0 Å². The van der Waals surface area contributed by atoms with Gasteiger partial charge in [-0.15, -0.1) is 0 Å². The van der Waals surface area contributed by atoms with E-state index in [1.165, 1.54) is 12.1 Å². The van der Waals surface area contributed by atoms with Crippen LogP contribution in [0.2, 0.25) is 5.02 Å². The van der Waals surface area contributed by atoms with Gasteiger partial charge in [-0.05, 0) is 35.0 Å². The largest absolute Gasteiger partial charge is 0.453 e. The number of hydrogen-bond donors (Lipinski definition) is 1. The normalized spacial score (nSPS) is 12.3. The summed E-state index contributed by atoms with van der Waals surface area (Å²) in [4.78, 5) is 0. The first-order valence-electron chi connectivity index (χ1n) is 5.76. The molecular weight excluding hydrogens is 352 g/mol. The Morgan fingerprint density at radius 1 is 1.25 bits per heavy atom. The summed E-state index contributed by atoms with van der Waals surface area (Å²) < 4.78 is 33.2. The van der Waals surface area contributed by atoms with Crippen molar-refractivity contribution >= 4 is 27.5 Å². The van der Waals surface area contributed by atoms with Crippen molar-refractivity contribution in [3.8, 4) is 11.5 Å². The van der Waals surface area contributed by atoms with Crippen LogP contribution in [0.4, 0.5) is 8.78 Å². The van der Waals surface area contributed by atoms with Crippen molar-refractivity contribution < 1.29 is 13.5 Å². The predicted octanol–water partition coefficient (Wildman–Crippen LogP) is 5.19. The van der Waals surface area contributed by atoms with Crippen molar-refractivity contribution in [2.45, 2.75) is 13.0 Å². The molecule has 106 valence electrons. The van der Waals surface area contributed by atoms with Crippen LogP contribution in [-0.2, 0) is 0 Å². The van der Waals surface area contributed by atoms with Gasteiger partial charge in [-0.2, -0.15) is 0 Å². The molecule has 0 unspecified atom stereocenters. The van der Waals surface area contributed by atoms with Crippen LogP contribution in [0.3, 0.4) is 0 Å². The van der Waals surface area contributed by atoms with E-state index in [1.54, 1.807) is 19.1 Å². The molecular formula is C14H11BrClF2NO. The summed E-state index contributed by atoms with van der Waals surface area (Å²) in [5.74, 6) is -1.12. The Bertz CT molecular complexity index is 649. The van der Waals surface area contributed by atoms with Crippen LogP contribution in [0.25, 0.3) is 0 Å². The Balaban J connectivity index is 2.47. The average molecular weight is 363 g/mol. The van der Waals surface area contributed by atoms with Crippen LogP contribution in [0.5, 0.6) is 11.5 Å². The van der Waals surface area contributed by atoms with Gasteiger partial charge in [-0.25, -0.2) is 8.78 Å². The standard InChI is InChI=1S/C14H11BrClF2NO/c1-7(19)8-3-2-4-11(17)14(8)20-13-6-12(18)10(16)5-9(13)15/h2-7H,19H2,1H3/t7-/m0/s1. The molecule has 0 aliphatic rings. The van der Waals surface area contributed by atoms with Crippen LogP contribution >= 0.6 is 27.5 Å². The van der Waals surface area contributed by atoms with Crippen molar-refractivity contribution in [2.75, 3.05) is 0 Å². The van der Waals surface area contributed by atoms with Crippen LogP contribution in [0, 0.1) is 11.6 Å². The fourth-order valence-corrected chi connectivity index (χ4v) is 2.40. The van der Waals surface area contributed by atoms with Crippen molar-refractivity contribution in [2.24, 2.45) is 5.73 Å². The molecule has 0 fully saturated rings. The molecule has 0 bridgehead atoms. The molecule has 6 heteroatoms. The lowest BCUT2D eigenvalue weighted by Crippen LogP contribution is -2.07. The molecule has 2 N–H and O–H groups in total. The smallest absolute Gasteiger partial charge is 0.167 e. The van der Waals surface area contributed by atoms with Gasteiger partial charge in [-0.1, -0.05) is 23.7 Å². The van der Waals surface area contributed by atoms with Gasteiger partial charge in [-0.3, -0.25) is 0 Å². The minimum atomic E-state index is -0.649. The minimum absolute atomic E-state index is 0.0232. The summed E-state index contributed by atoms with van der Waals surface area (Å²) in [5, 5.41) is -0.0508. The van der Waals surface area contributed by atoms with Crippen molar-refractivity contribution in [1.82, 2.24) is 0 Å². The fourth-order valence-electron chi connectivity index (χ4n) is 1.68. The molecule has 0 saturated carbocycles. The highest BCUT2D eigenvalue weighted by molar-refractivity contribution is 9.10. The zero-order chi connectivity index (χ0) is 14.9. The zero-order valence-electron chi connectivity index (χ0n) is 10.5. The summed E-state index contributed by atoms with van der Waals surface area (Å²) in [7, 11) is 0. The second-order valence-corrected chi connectivity index (χ2v) is 5.51. The Morgan fingerprint density at radius 2 is 1.95 bits per heavy atom. The number of benzene rings is 2. The third-order valence-corrected chi connectivity index (χ3v) is 3.58. The maximum atomic E-state index is 13.9. The topological polar surface area (TPSA) is 35.2 Å². The molecule has 1 atom stereocenters. The quantitative estimate of drug-likeness (QED) is 0.762. The maximum absolute atomic E-state index is 13.9. The zero-order valence-corrected chi connectivity index (χ0v) is 12.8. The number of ether oxygens (including phenoxy) is 1. The lowest BCUT2D eigenvalue weighted by Gasteiger charge is -2.15. The van der Waals surface area contributed by atoms with E-state index >= 15 is 0 Å². The Morgan fingerprint density at radius 3 is 2.60 bits per heavy atom. The van der Waals surface area contributed by atoms with Gasteiger partial charge in [0.05, 0.1) is 9.50 Å². The minimum Gasteiger partial charge on any atom is -0.453 e. The molecule has 2 nitrogen and oxygen atoms in total. The van der Waals surface area contributed by atoms with Gasteiger partial charge in [0.2, 0.25) is 0 Å². The summed E-state index contributed by atoms with van der Waals surface area (Å²) in [5.41, 5.74) is 6.27. The second kappa shape index (κ2) is 6.08. The molecule has 0 amide bonds. The monoisotopic (exact) mass is 361 g/mol. The van der Waals surface area contributed by atoms with Crippen molar-refractivity contribution in [1.29, 1.82) is 0 Å². The van der Waals surface area contributed by atoms with Gasteiger partial charge in [0, 0.05) is 17.7 Å². The third-order valence-electron chi connectivity index (χ3n) is 2.67. The van der Waals surface area contributed by atoms with E-state index in [4.69, 9.17) is 22.1 Å². The highest BCUT2D eigenvalue weighted by Gasteiger charge is 2.16. The predicted molar refractivity (Wildman–Crippen MR) is 78.2 cm³/mol. The third kappa shape index (κ3) is 3.11. The molecule has 2 aromatic carbocycles. The van der Waals surface area contributed by atoms with E-state index in [1.807, 2.05) is 0 Å². The lowest BCUT2D eigenvalue weighted by molar-refractivity contribution is 0.427. The Hall–Kier alpha value is -1.17. The molecule has 0 aliphatic heterocycles. The SMILES string of the molecule is C[C@H](N)c1cccc(F)c1Oc1cc(F)c(Cl)cc1Br. The number of hydrogen-bond acceptors (Lipinski definition) is 2. The second-order valence-electron chi connectivity index (χ2n) is 4.25. The van der Waals surface area contributed by atoms with E-state index < -0.39 is 17.7 Å². The van der Waals surface area contributed by atoms with Gasteiger partial charge >= 0.3 is 0 Å². The molecule has 0 radical (unpaired) electrons. The molecule has 0 aliphatic carbocycles. The van der Waals surface area contributed by atoms with Crippen LogP contribution in [0.15, 0.2) is 34.8 Å². The average Bonchev–Trinajstić information content (AvgIpc) is 2.37. The van der Waals surface area contributed by atoms with E-state index in [0.29, 0.717) is 10.0 Å². The van der Waals surface area contributed by atoms with Gasteiger partial charge in [0.15, 0.2) is 11.6 Å². The first-order valence-corrected chi connectivity index (χ1v) is 6.93. The number of nitrogens with two attached hydrogens (primary N) is 1. The van der Waals surface area contributed by atoms with Gasteiger partial charge in [0.25, 0.3) is 0 Å². The molecule has 2 aromatic rings. The van der Waals surface area contributed by atoms with E-state index in [-0.39, 0.29) is 16.5 Å².